The van der Waals surface area contributed by atoms with Crippen LogP contribution in [0.2, 0.25) is 0 Å². The van der Waals surface area contributed by atoms with Crippen LogP contribution in [0.3, 0.4) is 0 Å². The maximum absolute atomic E-state index is 13.2. The third-order valence-corrected chi connectivity index (χ3v) is 4.71. The predicted molar refractivity (Wildman–Crippen MR) is 108 cm³/mol. The second-order valence-electron chi connectivity index (χ2n) is 6.84. The molecule has 2 N–H and O–H groups in total. The van der Waals surface area contributed by atoms with E-state index in [4.69, 9.17) is 4.74 Å². The van der Waals surface area contributed by atoms with Crippen LogP contribution >= 0.6 is 12.4 Å². The van der Waals surface area contributed by atoms with Gasteiger partial charge in [0.15, 0.2) is 0 Å². The van der Waals surface area contributed by atoms with E-state index in [0.29, 0.717) is 24.7 Å². The number of carbonyl (C=O) groups is 1. The number of hydrogen-bond acceptors (Lipinski definition) is 3. The summed E-state index contributed by atoms with van der Waals surface area (Å²) in [6, 6.07) is 11.9. The molecule has 0 radical (unpaired) electrons. The van der Waals surface area contributed by atoms with Crippen molar-refractivity contribution in [3.63, 3.8) is 0 Å². The van der Waals surface area contributed by atoms with Crippen LogP contribution in [0.5, 0.6) is 5.75 Å². The SMILES string of the molecule is Cc1cc(OCc2cccc(F)c2)ccc1NC(=O)CCC1CCNC1.Cl. The van der Waals surface area contributed by atoms with Crippen molar-refractivity contribution in [1.82, 2.24) is 5.32 Å². The standard InChI is InChI=1S/C21H25FN2O2.ClH/c1-15-11-19(26-14-17-3-2-4-18(22)12-17)6-7-20(15)24-21(25)8-5-16-9-10-23-13-16;/h2-4,6-7,11-12,16,23H,5,8-10,13-14H2,1H3,(H,24,25);1H. The number of rotatable bonds is 7. The molecule has 1 heterocycles. The van der Waals surface area contributed by atoms with Crippen LogP contribution in [0.1, 0.15) is 30.4 Å². The quantitative estimate of drug-likeness (QED) is 0.731. The van der Waals surface area contributed by atoms with E-state index in [1.54, 1.807) is 6.07 Å². The fraction of sp³-hybridized carbons (Fsp3) is 0.381. The molecule has 146 valence electrons. The molecule has 1 aliphatic rings. The lowest BCUT2D eigenvalue weighted by Gasteiger charge is -2.12. The molecule has 3 rings (SSSR count). The van der Waals surface area contributed by atoms with Gasteiger partial charge in [-0.2, -0.15) is 0 Å². The van der Waals surface area contributed by atoms with Gasteiger partial charge in [0.2, 0.25) is 5.91 Å². The Morgan fingerprint density at radius 3 is 2.85 bits per heavy atom. The Hall–Kier alpha value is -2.11. The highest BCUT2D eigenvalue weighted by Crippen LogP contribution is 2.23. The first kappa shape index (κ1) is 21.2. The summed E-state index contributed by atoms with van der Waals surface area (Å²) < 4.78 is 18.9. The maximum atomic E-state index is 13.2. The number of carbonyl (C=O) groups excluding carboxylic acids is 1. The molecular formula is C21H26ClFN2O2. The van der Waals surface area contributed by atoms with Crippen LogP contribution in [0, 0.1) is 18.7 Å². The van der Waals surface area contributed by atoms with Gasteiger partial charge in [-0.3, -0.25) is 4.79 Å². The topological polar surface area (TPSA) is 50.4 Å². The third kappa shape index (κ3) is 6.52. The molecule has 0 bridgehead atoms. The zero-order chi connectivity index (χ0) is 18.4. The minimum atomic E-state index is -0.270. The summed E-state index contributed by atoms with van der Waals surface area (Å²) in [5, 5.41) is 6.30. The van der Waals surface area contributed by atoms with E-state index in [2.05, 4.69) is 10.6 Å². The molecule has 0 aliphatic carbocycles. The molecule has 1 fully saturated rings. The Bertz CT molecular complexity index is 764. The Labute approximate surface area is 165 Å². The molecular weight excluding hydrogens is 367 g/mol. The fourth-order valence-electron chi connectivity index (χ4n) is 3.17. The molecule has 1 atom stereocenters. The normalized spacial score (nSPS) is 15.9. The average molecular weight is 393 g/mol. The second kappa shape index (κ2) is 10.3. The van der Waals surface area contributed by atoms with E-state index >= 15 is 0 Å². The molecule has 27 heavy (non-hydrogen) atoms. The van der Waals surface area contributed by atoms with Gasteiger partial charge in [0, 0.05) is 12.1 Å². The highest BCUT2D eigenvalue weighted by atomic mass is 35.5. The van der Waals surface area contributed by atoms with Crippen LogP contribution < -0.4 is 15.4 Å². The Balaban J connectivity index is 0.00000261. The summed E-state index contributed by atoms with van der Waals surface area (Å²) in [7, 11) is 0. The molecule has 2 aromatic carbocycles. The van der Waals surface area contributed by atoms with Gasteiger partial charge in [-0.05, 0) is 80.2 Å². The maximum Gasteiger partial charge on any atom is 0.224 e. The van der Waals surface area contributed by atoms with E-state index in [9.17, 15) is 9.18 Å². The van der Waals surface area contributed by atoms with E-state index in [-0.39, 0.29) is 24.1 Å². The van der Waals surface area contributed by atoms with Crippen molar-refractivity contribution in [3.05, 3.63) is 59.4 Å². The first-order valence-electron chi connectivity index (χ1n) is 9.08. The van der Waals surface area contributed by atoms with Gasteiger partial charge in [0.25, 0.3) is 0 Å². The van der Waals surface area contributed by atoms with Gasteiger partial charge < -0.3 is 15.4 Å². The second-order valence-corrected chi connectivity index (χ2v) is 6.84. The molecule has 6 heteroatoms. The molecule has 4 nitrogen and oxygen atoms in total. The van der Waals surface area contributed by atoms with Gasteiger partial charge in [0.1, 0.15) is 18.2 Å². The predicted octanol–water partition coefficient (Wildman–Crippen LogP) is 4.46. The molecule has 0 spiro atoms. The molecule has 1 aliphatic heterocycles. The fourth-order valence-corrected chi connectivity index (χ4v) is 3.17. The molecule has 2 aromatic rings. The number of nitrogens with one attached hydrogen (secondary N) is 2. The lowest BCUT2D eigenvalue weighted by Crippen LogP contribution is -2.15. The molecule has 1 amide bonds. The zero-order valence-electron chi connectivity index (χ0n) is 15.5. The van der Waals surface area contributed by atoms with Gasteiger partial charge in [-0.1, -0.05) is 12.1 Å². The Morgan fingerprint density at radius 2 is 2.15 bits per heavy atom. The van der Waals surface area contributed by atoms with Crippen molar-refractivity contribution in [2.45, 2.75) is 32.8 Å². The lowest BCUT2D eigenvalue weighted by atomic mass is 10.0. The van der Waals surface area contributed by atoms with Crippen molar-refractivity contribution >= 4 is 24.0 Å². The van der Waals surface area contributed by atoms with Gasteiger partial charge >= 0.3 is 0 Å². The van der Waals surface area contributed by atoms with Crippen LogP contribution in [-0.4, -0.2) is 19.0 Å². The number of ether oxygens (including phenoxy) is 1. The first-order chi connectivity index (χ1) is 12.6. The van der Waals surface area contributed by atoms with Crippen molar-refractivity contribution in [2.75, 3.05) is 18.4 Å². The minimum absolute atomic E-state index is 0. The van der Waals surface area contributed by atoms with Gasteiger partial charge in [-0.15, -0.1) is 12.4 Å². The van der Waals surface area contributed by atoms with E-state index in [1.807, 2.05) is 31.2 Å². The van der Waals surface area contributed by atoms with Gasteiger partial charge in [0.05, 0.1) is 0 Å². The first-order valence-corrected chi connectivity index (χ1v) is 9.08. The monoisotopic (exact) mass is 392 g/mol. The summed E-state index contributed by atoms with van der Waals surface area (Å²) in [4.78, 5) is 12.2. The highest BCUT2D eigenvalue weighted by molar-refractivity contribution is 5.91. The zero-order valence-corrected chi connectivity index (χ0v) is 16.3. The molecule has 0 saturated carbocycles. The van der Waals surface area contributed by atoms with E-state index < -0.39 is 0 Å². The van der Waals surface area contributed by atoms with Crippen molar-refractivity contribution in [1.29, 1.82) is 0 Å². The van der Waals surface area contributed by atoms with Crippen molar-refractivity contribution in [2.24, 2.45) is 5.92 Å². The minimum Gasteiger partial charge on any atom is -0.489 e. The van der Waals surface area contributed by atoms with Crippen LogP contribution in [0.15, 0.2) is 42.5 Å². The number of anilines is 1. The van der Waals surface area contributed by atoms with E-state index in [1.165, 1.54) is 12.1 Å². The molecule has 0 aromatic heterocycles. The highest BCUT2D eigenvalue weighted by Gasteiger charge is 2.16. The smallest absolute Gasteiger partial charge is 0.224 e. The largest absolute Gasteiger partial charge is 0.489 e. The summed E-state index contributed by atoms with van der Waals surface area (Å²) in [6.45, 7) is 4.32. The lowest BCUT2D eigenvalue weighted by molar-refractivity contribution is -0.116. The number of hydrogen-bond donors (Lipinski definition) is 2. The van der Waals surface area contributed by atoms with Gasteiger partial charge in [-0.25, -0.2) is 4.39 Å². The average Bonchev–Trinajstić information content (AvgIpc) is 3.14. The Morgan fingerprint density at radius 1 is 1.30 bits per heavy atom. The third-order valence-electron chi connectivity index (χ3n) is 4.71. The summed E-state index contributed by atoms with van der Waals surface area (Å²) in [5.41, 5.74) is 2.52. The summed E-state index contributed by atoms with van der Waals surface area (Å²) in [5.74, 6) is 1.09. The number of amides is 1. The number of halogens is 2. The number of aryl methyl sites for hydroxylation is 1. The van der Waals surface area contributed by atoms with Crippen LogP contribution in [-0.2, 0) is 11.4 Å². The molecule has 1 saturated heterocycles. The number of benzene rings is 2. The van der Waals surface area contributed by atoms with Crippen molar-refractivity contribution < 1.29 is 13.9 Å². The molecule has 1 unspecified atom stereocenters. The van der Waals surface area contributed by atoms with Crippen LogP contribution in [0.4, 0.5) is 10.1 Å². The summed E-state index contributed by atoms with van der Waals surface area (Å²) in [6.07, 6.45) is 2.62. The van der Waals surface area contributed by atoms with Crippen molar-refractivity contribution in [3.8, 4) is 5.75 Å². The van der Waals surface area contributed by atoms with Crippen LogP contribution in [0.25, 0.3) is 0 Å². The van der Waals surface area contributed by atoms with E-state index in [0.717, 1.165) is 42.7 Å². The Kier molecular flexibility index (Phi) is 8.07. The summed E-state index contributed by atoms with van der Waals surface area (Å²) >= 11 is 0.